The summed E-state index contributed by atoms with van der Waals surface area (Å²) >= 11 is 0. The molecule has 8 nitrogen and oxygen atoms in total. The monoisotopic (exact) mass is 358 g/mol. The molecular formula is C18H22N4O4. The molecule has 5 heterocycles. The Hall–Kier alpha value is -2.64. The standard InChI is InChI=1S/C18H22N4O4/c23-16(12-20-6-7-26-18(20)25)22-10-13-3-4-15(22)11-21(9-13)17(24)14-2-1-5-19-8-14/h1-2,5,8,13,15H,3-4,6-7,9-12H2. The Labute approximate surface area is 151 Å². The summed E-state index contributed by atoms with van der Waals surface area (Å²) in [6.07, 6.45) is 4.70. The van der Waals surface area contributed by atoms with Gasteiger partial charge in [-0.1, -0.05) is 0 Å². The Kier molecular flexibility index (Phi) is 4.48. The van der Waals surface area contributed by atoms with Crippen LogP contribution in [0.4, 0.5) is 4.79 Å². The molecule has 4 aliphatic rings. The summed E-state index contributed by atoms with van der Waals surface area (Å²) in [6.45, 7) is 2.67. The summed E-state index contributed by atoms with van der Waals surface area (Å²) in [5.74, 6) is 0.172. The predicted molar refractivity (Wildman–Crippen MR) is 91.3 cm³/mol. The van der Waals surface area contributed by atoms with Crippen molar-refractivity contribution in [3.8, 4) is 0 Å². The van der Waals surface area contributed by atoms with E-state index in [9.17, 15) is 14.4 Å². The third-order valence-corrected chi connectivity index (χ3v) is 5.40. The number of hydrogen-bond acceptors (Lipinski definition) is 5. The summed E-state index contributed by atoms with van der Waals surface area (Å²) in [5, 5.41) is 0. The van der Waals surface area contributed by atoms with Crippen LogP contribution < -0.4 is 0 Å². The van der Waals surface area contributed by atoms with Crippen LogP contribution in [0.1, 0.15) is 23.2 Å². The van der Waals surface area contributed by atoms with E-state index in [4.69, 9.17) is 4.74 Å². The van der Waals surface area contributed by atoms with Crippen molar-refractivity contribution in [2.45, 2.75) is 18.9 Å². The number of hydrogen-bond donors (Lipinski definition) is 0. The van der Waals surface area contributed by atoms with Crippen molar-refractivity contribution in [2.75, 3.05) is 39.3 Å². The number of cyclic esters (lactones) is 1. The molecule has 0 aliphatic carbocycles. The van der Waals surface area contributed by atoms with Crippen molar-refractivity contribution in [3.63, 3.8) is 0 Å². The number of rotatable bonds is 3. The predicted octanol–water partition coefficient (Wildman–Crippen LogP) is 0.597. The van der Waals surface area contributed by atoms with Crippen LogP contribution >= 0.6 is 0 Å². The van der Waals surface area contributed by atoms with Crippen LogP contribution in [-0.2, 0) is 9.53 Å². The Bertz CT molecular complexity index is 710. The second-order valence-electron chi connectivity index (χ2n) is 7.13. The van der Waals surface area contributed by atoms with Crippen LogP contribution in [0.5, 0.6) is 0 Å². The van der Waals surface area contributed by atoms with E-state index in [2.05, 4.69) is 4.98 Å². The first-order valence-electron chi connectivity index (χ1n) is 9.02. The zero-order valence-corrected chi connectivity index (χ0v) is 14.5. The molecule has 138 valence electrons. The van der Waals surface area contributed by atoms with E-state index in [1.807, 2.05) is 9.80 Å². The maximum absolute atomic E-state index is 12.8. The molecule has 26 heavy (non-hydrogen) atoms. The summed E-state index contributed by atoms with van der Waals surface area (Å²) in [5.41, 5.74) is 0.575. The fraction of sp³-hybridized carbons (Fsp3) is 0.556. The first-order valence-corrected chi connectivity index (χ1v) is 9.02. The van der Waals surface area contributed by atoms with Gasteiger partial charge in [-0.25, -0.2) is 4.79 Å². The van der Waals surface area contributed by atoms with Gasteiger partial charge in [0.05, 0.1) is 12.1 Å². The lowest BCUT2D eigenvalue weighted by atomic mass is 9.95. The second-order valence-corrected chi connectivity index (χ2v) is 7.13. The molecule has 4 saturated heterocycles. The Morgan fingerprint density at radius 3 is 2.85 bits per heavy atom. The lowest BCUT2D eigenvalue weighted by Crippen LogP contribution is -2.51. The fourth-order valence-corrected chi connectivity index (χ4v) is 4.05. The largest absolute Gasteiger partial charge is 0.448 e. The van der Waals surface area contributed by atoms with Gasteiger partial charge in [0.25, 0.3) is 5.91 Å². The SMILES string of the molecule is O=C1OCCN1CC(=O)N1CC2CCC1CN(C(=O)c1cccnc1)C2. The number of ether oxygens (including phenoxy) is 1. The number of amides is 3. The third-order valence-electron chi connectivity index (χ3n) is 5.40. The number of fused-ring (bicyclic) bond motifs is 4. The Balaban J connectivity index is 1.45. The minimum atomic E-state index is -0.424. The number of aromatic nitrogens is 1. The molecule has 2 unspecified atom stereocenters. The molecule has 0 spiro atoms. The van der Waals surface area contributed by atoms with E-state index < -0.39 is 6.09 Å². The van der Waals surface area contributed by atoms with E-state index in [-0.39, 0.29) is 30.3 Å². The van der Waals surface area contributed by atoms with Crippen molar-refractivity contribution in [3.05, 3.63) is 30.1 Å². The van der Waals surface area contributed by atoms with Gasteiger partial charge in [-0.3, -0.25) is 19.5 Å². The van der Waals surface area contributed by atoms with E-state index in [0.717, 1.165) is 12.8 Å². The van der Waals surface area contributed by atoms with Gasteiger partial charge in [-0.15, -0.1) is 0 Å². The molecule has 0 aromatic carbocycles. The summed E-state index contributed by atoms with van der Waals surface area (Å²) in [6, 6.07) is 3.52. The highest BCUT2D eigenvalue weighted by atomic mass is 16.6. The molecule has 2 bridgehead atoms. The first kappa shape index (κ1) is 16.8. The van der Waals surface area contributed by atoms with Crippen molar-refractivity contribution in [2.24, 2.45) is 5.92 Å². The van der Waals surface area contributed by atoms with Crippen LogP contribution in [0, 0.1) is 5.92 Å². The lowest BCUT2D eigenvalue weighted by molar-refractivity contribution is -0.135. The molecule has 4 aliphatic heterocycles. The van der Waals surface area contributed by atoms with Crippen LogP contribution in [-0.4, -0.2) is 83.0 Å². The van der Waals surface area contributed by atoms with Gasteiger partial charge in [0.15, 0.2) is 0 Å². The summed E-state index contributed by atoms with van der Waals surface area (Å²) in [7, 11) is 0. The van der Waals surface area contributed by atoms with Gasteiger partial charge in [0.2, 0.25) is 5.91 Å². The van der Waals surface area contributed by atoms with Crippen LogP contribution in [0.15, 0.2) is 24.5 Å². The molecule has 1 aromatic heterocycles. The minimum Gasteiger partial charge on any atom is -0.448 e. The molecule has 4 fully saturated rings. The van der Waals surface area contributed by atoms with Crippen molar-refractivity contribution in [1.29, 1.82) is 0 Å². The van der Waals surface area contributed by atoms with Gasteiger partial charge in [0, 0.05) is 38.1 Å². The number of carbonyl (C=O) groups excluding carboxylic acids is 3. The third kappa shape index (κ3) is 3.23. The van der Waals surface area contributed by atoms with Gasteiger partial charge < -0.3 is 14.5 Å². The van der Waals surface area contributed by atoms with Crippen LogP contribution in [0.3, 0.4) is 0 Å². The van der Waals surface area contributed by atoms with Gasteiger partial charge in [-0.2, -0.15) is 0 Å². The molecule has 3 amide bonds. The molecule has 2 atom stereocenters. The molecule has 5 rings (SSSR count). The molecule has 0 N–H and O–H groups in total. The topological polar surface area (TPSA) is 83.0 Å². The minimum absolute atomic E-state index is 0.000458. The van der Waals surface area contributed by atoms with E-state index in [1.54, 1.807) is 24.5 Å². The fourth-order valence-electron chi connectivity index (χ4n) is 4.05. The zero-order valence-electron chi connectivity index (χ0n) is 14.5. The van der Waals surface area contributed by atoms with Crippen LogP contribution in [0.25, 0.3) is 0 Å². The van der Waals surface area contributed by atoms with Crippen molar-refractivity contribution < 1.29 is 19.1 Å². The smallest absolute Gasteiger partial charge is 0.410 e. The van der Waals surface area contributed by atoms with E-state index >= 15 is 0 Å². The second kappa shape index (κ2) is 6.93. The average Bonchev–Trinajstić information content (AvgIpc) is 2.87. The van der Waals surface area contributed by atoms with Gasteiger partial charge in [-0.05, 0) is 30.9 Å². The average molecular weight is 358 g/mol. The number of carbonyl (C=O) groups is 3. The van der Waals surface area contributed by atoms with Crippen LogP contribution in [0.2, 0.25) is 0 Å². The molecule has 0 saturated carbocycles. The zero-order chi connectivity index (χ0) is 18.1. The molecular weight excluding hydrogens is 336 g/mol. The Morgan fingerprint density at radius 2 is 2.12 bits per heavy atom. The lowest BCUT2D eigenvalue weighted by Gasteiger charge is -2.36. The van der Waals surface area contributed by atoms with Crippen molar-refractivity contribution in [1.82, 2.24) is 19.7 Å². The number of pyridine rings is 1. The number of piperidine rings is 1. The normalized spacial score (nSPS) is 25.2. The summed E-state index contributed by atoms with van der Waals surface area (Å²) in [4.78, 5) is 46.3. The molecule has 1 aromatic rings. The highest BCUT2D eigenvalue weighted by molar-refractivity contribution is 5.94. The van der Waals surface area contributed by atoms with Crippen molar-refractivity contribution >= 4 is 17.9 Å². The first-order chi connectivity index (χ1) is 12.6. The highest BCUT2D eigenvalue weighted by Gasteiger charge is 2.39. The highest BCUT2D eigenvalue weighted by Crippen LogP contribution is 2.29. The number of nitrogens with zero attached hydrogens (tertiary/aromatic N) is 4. The molecule has 0 radical (unpaired) electrons. The maximum atomic E-state index is 12.8. The van der Waals surface area contributed by atoms with Gasteiger partial charge >= 0.3 is 6.09 Å². The summed E-state index contributed by atoms with van der Waals surface area (Å²) < 4.78 is 4.90. The van der Waals surface area contributed by atoms with E-state index in [1.165, 1.54) is 4.90 Å². The van der Waals surface area contributed by atoms with Gasteiger partial charge in [0.1, 0.15) is 13.2 Å². The quantitative estimate of drug-likeness (QED) is 0.790. The van der Waals surface area contributed by atoms with E-state index in [0.29, 0.717) is 38.3 Å². The Morgan fingerprint density at radius 1 is 1.23 bits per heavy atom. The maximum Gasteiger partial charge on any atom is 0.410 e. The molecule has 8 heteroatoms.